The normalized spacial score (nSPS) is 14.0. The number of aromatic nitrogens is 2. The maximum Gasteiger partial charge on any atom is 0.527 e. The van der Waals surface area contributed by atoms with Crippen molar-refractivity contribution in [1.29, 1.82) is 0 Å². The summed E-state index contributed by atoms with van der Waals surface area (Å²) in [6.07, 6.45) is -1.25. The minimum atomic E-state index is -1.10. The van der Waals surface area contributed by atoms with Crippen molar-refractivity contribution in [3.8, 4) is 11.4 Å². The molecular formula is C30H33N5O7S. The summed E-state index contributed by atoms with van der Waals surface area (Å²) in [5.41, 5.74) is 1.42. The van der Waals surface area contributed by atoms with Crippen molar-refractivity contribution in [3.63, 3.8) is 0 Å². The number of carboxylic acid groups (broad SMARTS) is 1. The Bertz CT molecular complexity index is 1400. The monoisotopic (exact) mass is 607 g/mol. The lowest BCUT2D eigenvalue weighted by atomic mass is 10.1. The molecule has 3 aromatic rings. The van der Waals surface area contributed by atoms with Crippen molar-refractivity contribution in [1.82, 2.24) is 25.2 Å². The van der Waals surface area contributed by atoms with E-state index in [4.69, 9.17) is 9.57 Å². The van der Waals surface area contributed by atoms with Crippen LogP contribution in [0.1, 0.15) is 35.9 Å². The molecule has 43 heavy (non-hydrogen) atoms. The summed E-state index contributed by atoms with van der Waals surface area (Å²) >= 11 is 1.56. The van der Waals surface area contributed by atoms with Crippen molar-refractivity contribution in [2.75, 3.05) is 32.8 Å². The summed E-state index contributed by atoms with van der Waals surface area (Å²) in [5, 5.41) is 13.4. The predicted molar refractivity (Wildman–Crippen MR) is 158 cm³/mol. The Kier molecular flexibility index (Phi) is 11.5. The lowest BCUT2D eigenvalue weighted by molar-refractivity contribution is -0.157. The molecule has 2 amide bonds. The summed E-state index contributed by atoms with van der Waals surface area (Å²) < 4.78 is 4.78. The lowest BCUT2D eigenvalue weighted by Crippen LogP contribution is -2.55. The Morgan fingerprint density at radius 2 is 1.65 bits per heavy atom. The molecule has 1 fully saturated rings. The molecule has 2 aromatic carbocycles. The van der Waals surface area contributed by atoms with E-state index in [1.807, 2.05) is 60.7 Å². The number of hydrogen-bond acceptors (Lipinski definition) is 10. The van der Waals surface area contributed by atoms with Crippen molar-refractivity contribution < 1.29 is 33.9 Å². The minimum absolute atomic E-state index is 0.0679. The van der Waals surface area contributed by atoms with E-state index in [1.165, 1.54) is 9.96 Å². The van der Waals surface area contributed by atoms with Crippen LogP contribution in [0.4, 0.5) is 4.79 Å². The Labute approximate surface area is 253 Å². The Morgan fingerprint density at radius 3 is 2.30 bits per heavy atom. The van der Waals surface area contributed by atoms with E-state index in [2.05, 4.69) is 15.3 Å². The number of benzene rings is 2. The number of ether oxygens (including phenoxy) is 1. The second-order valence-electron chi connectivity index (χ2n) is 9.52. The molecular weight excluding hydrogens is 574 g/mol. The van der Waals surface area contributed by atoms with Gasteiger partial charge < -0.3 is 24.9 Å². The third-order valence-electron chi connectivity index (χ3n) is 6.44. The van der Waals surface area contributed by atoms with Crippen LogP contribution in [0, 0.1) is 0 Å². The standard InChI is InChI=1S/C30H33N5O7S/c1-2-41-30(40)42-35-17-15-34(16-18-35)29(39)24(13-14-26(36)37)33-28(38)25-19-22(20-43-23-11-7-4-8-12-23)31-27(32-25)21-9-5-3-6-10-21/h3-12,19,24H,2,13-18,20H2,1H3,(H,33,38)(H,36,37)/t24-/m0/s1. The quantitative estimate of drug-likeness (QED) is 0.229. The third-order valence-corrected chi connectivity index (χ3v) is 7.49. The Morgan fingerprint density at radius 1 is 0.977 bits per heavy atom. The van der Waals surface area contributed by atoms with Crippen LogP contribution in [0.3, 0.4) is 0 Å². The van der Waals surface area contributed by atoms with Gasteiger partial charge in [-0.1, -0.05) is 48.5 Å². The number of amides is 2. The zero-order chi connectivity index (χ0) is 30.6. The molecule has 1 aliphatic heterocycles. The number of carbonyl (C=O) groups is 4. The van der Waals surface area contributed by atoms with Gasteiger partial charge in [-0.25, -0.2) is 14.8 Å². The fraction of sp³-hybridized carbons (Fsp3) is 0.333. The van der Waals surface area contributed by atoms with Crippen LogP contribution in [0.5, 0.6) is 0 Å². The molecule has 4 rings (SSSR count). The molecule has 2 heterocycles. The van der Waals surface area contributed by atoms with Gasteiger partial charge in [-0.15, -0.1) is 16.8 Å². The smallest absolute Gasteiger partial charge is 0.481 e. The molecule has 0 aliphatic carbocycles. The number of rotatable bonds is 12. The number of carbonyl (C=O) groups excluding carboxylic acids is 3. The van der Waals surface area contributed by atoms with Crippen LogP contribution in [-0.2, 0) is 24.9 Å². The molecule has 2 N–H and O–H groups in total. The van der Waals surface area contributed by atoms with Gasteiger partial charge in [0.25, 0.3) is 5.91 Å². The van der Waals surface area contributed by atoms with Gasteiger partial charge in [-0.2, -0.15) is 0 Å². The number of aliphatic carboxylic acids is 1. The van der Waals surface area contributed by atoms with Crippen LogP contribution in [0.25, 0.3) is 11.4 Å². The largest absolute Gasteiger partial charge is 0.527 e. The second kappa shape index (κ2) is 15.7. The van der Waals surface area contributed by atoms with Gasteiger partial charge in [0.1, 0.15) is 11.7 Å². The van der Waals surface area contributed by atoms with Crippen molar-refractivity contribution >= 4 is 35.7 Å². The van der Waals surface area contributed by atoms with E-state index in [-0.39, 0.29) is 51.3 Å². The third kappa shape index (κ3) is 9.51. The molecule has 1 atom stereocenters. The molecule has 1 saturated heterocycles. The molecule has 0 bridgehead atoms. The van der Waals surface area contributed by atoms with E-state index in [0.717, 1.165) is 10.5 Å². The number of hydroxylamine groups is 2. The molecule has 0 radical (unpaired) electrons. The summed E-state index contributed by atoms with van der Waals surface area (Å²) in [4.78, 5) is 66.8. The highest BCUT2D eigenvalue weighted by Crippen LogP contribution is 2.24. The van der Waals surface area contributed by atoms with Crippen molar-refractivity contribution in [3.05, 3.63) is 78.1 Å². The first-order valence-corrected chi connectivity index (χ1v) is 14.8. The predicted octanol–water partition coefficient (Wildman–Crippen LogP) is 3.63. The average molecular weight is 608 g/mol. The van der Waals surface area contributed by atoms with E-state index in [0.29, 0.717) is 17.3 Å². The summed E-state index contributed by atoms with van der Waals surface area (Å²) in [6, 6.07) is 19.5. The number of carboxylic acids is 1. The molecule has 0 unspecified atom stereocenters. The van der Waals surface area contributed by atoms with Crippen molar-refractivity contribution in [2.45, 2.75) is 36.5 Å². The van der Waals surface area contributed by atoms with Gasteiger partial charge in [0.05, 0.1) is 25.4 Å². The zero-order valence-electron chi connectivity index (χ0n) is 23.7. The first kappa shape index (κ1) is 31.4. The highest BCUT2D eigenvalue weighted by atomic mass is 32.2. The topological polar surface area (TPSA) is 151 Å². The molecule has 0 saturated carbocycles. The number of nitrogens with one attached hydrogen (secondary N) is 1. The summed E-state index contributed by atoms with van der Waals surface area (Å²) in [6.45, 7) is 2.74. The van der Waals surface area contributed by atoms with Crippen LogP contribution in [-0.4, -0.2) is 87.8 Å². The number of piperazine rings is 1. The SMILES string of the molecule is CCOC(=O)ON1CCN(C(=O)[C@H](CCC(=O)O)NC(=O)c2cc(CSc3ccccc3)nc(-c3ccccc3)n2)CC1. The number of thioether (sulfide) groups is 1. The lowest BCUT2D eigenvalue weighted by Gasteiger charge is -2.35. The van der Waals surface area contributed by atoms with Gasteiger partial charge in [-0.05, 0) is 31.5 Å². The Balaban J connectivity index is 1.50. The molecule has 12 nitrogen and oxygen atoms in total. The van der Waals surface area contributed by atoms with Gasteiger partial charge >= 0.3 is 12.1 Å². The molecule has 0 spiro atoms. The fourth-order valence-electron chi connectivity index (χ4n) is 4.31. The highest BCUT2D eigenvalue weighted by molar-refractivity contribution is 7.98. The molecule has 1 aliphatic rings. The maximum absolute atomic E-state index is 13.5. The maximum atomic E-state index is 13.5. The van der Waals surface area contributed by atoms with E-state index in [9.17, 15) is 24.3 Å². The van der Waals surface area contributed by atoms with Crippen LogP contribution < -0.4 is 5.32 Å². The van der Waals surface area contributed by atoms with Crippen LogP contribution in [0.2, 0.25) is 0 Å². The Hall–Kier alpha value is -4.49. The van der Waals surface area contributed by atoms with Gasteiger partial charge in [0.15, 0.2) is 5.82 Å². The molecule has 13 heteroatoms. The van der Waals surface area contributed by atoms with Gasteiger partial charge in [0, 0.05) is 35.7 Å². The van der Waals surface area contributed by atoms with Crippen LogP contribution in [0.15, 0.2) is 71.6 Å². The second-order valence-corrected chi connectivity index (χ2v) is 10.6. The van der Waals surface area contributed by atoms with E-state index >= 15 is 0 Å². The molecule has 226 valence electrons. The van der Waals surface area contributed by atoms with Crippen LogP contribution >= 0.6 is 11.8 Å². The molecule has 1 aromatic heterocycles. The van der Waals surface area contributed by atoms with Gasteiger partial charge in [-0.3, -0.25) is 14.4 Å². The fourth-order valence-corrected chi connectivity index (χ4v) is 5.12. The first-order chi connectivity index (χ1) is 20.8. The highest BCUT2D eigenvalue weighted by Gasteiger charge is 2.31. The van der Waals surface area contributed by atoms with E-state index < -0.39 is 30.0 Å². The van der Waals surface area contributed by atoms with E-state index in [1.54, 1.807) is 24.8 Å². The average Bonchev–Trinajstić information content (AvgIpc) is 3.02. The number of hydrogen-bond donors (Lipinski definition) is 2. The summed E-state index contributed by atoms with van der Waals surface area (Å²) in [7, 11) is 0. The summed E-state index contributed by atoms with van der Waals surface area (Å²) in [5.74, 6) is -1.29. The minimum Gasteiger partial charge on any atom is -0.481 e. The zero-order valence-corrected chi connectivity index (χ0v) is 24.5. The first-order valence-electron chi connectivity index (χ1n) is 13.8. The number of nitrogens with zero attached hydrogens (tertiary/aromatic N) is 4. The van der Waals surface area contributed by atoms with Crippen molar-refractivity contribution in [2.24, 2.45) is 0 Å². The van der Waals surface area contributed by atoms with Gasteiger partial charge in [0.2, 0.25) is 5.91 Å².